The molecule has 1 saturated heterocycles. The van der Waals surface area contributed by atoms with Crippen LogP contribution in [0.2, 0.25) is 5.02 Å². The van der Waals surface area contributed by atoms with Gasteiger partial charge in [0.25, 0.3) is 5.91 Å². The minimum atomic E-state index is -0.748. The number of amides is 2. The lowest BCUT2D eigenvalue weighted by molar-refractivity contribution is -0.162. The maximum atomic E-state index is 13.9. The fourth-order valence-electron chi connectivity index (χ4n) is 5.74. The molecule has 0 bridgehead atoms. The third-order valence-corrected chi connectivity index (χ3v) is 7.71. The molecule has 31 heavy (non-hydrogen) atoms. The fraction of sp³-hybridized carbons (Fsp3) is 0.680. The summed E-state index contributed by atoms with van der Waals surface area (Å²) >= 11 is 6.45. The molecule has 1 aliphatic heterocycles. The molecule has 4 nitrogen and oxygen atoms in total. The molecule has 3 aliphatic rings. The molecular formula is C25H34ClFN2O2. The summed E-state index contributed by atoms with van der Waals surface area (Å²) in [6.45, 7) is 0.162. The minimum Gasteiger partial charge on any atom is -0.328 e. The van der Waals surface area contributed by atoms with E-state index in [1.165, 1.54) is 44.2 Å². The van der Waals surface area contributed by atoms with Crippen molar-refractivity contribution in [1.82, 2.24) is 9.80 Å². The van der Waals surface area contributed by atoms with Gasteiger partial charge in [0.2, 0.25) is 5.91 Å². The van der Waals surface area contributed by atoms with E-state index in [2.05, 4.69) is 0 Å². The third-order valence-electron chi connectivity index (χ3n) is 7.38. The molecular weight excluding hydrogens is 415 g/mol. The summed E-state index contributed by atoms with van der Waals surface area (Å²) in [6, 6.07) is 3.61. The first-order valence-electron chi connectivity index (χ1n) is 12.1. The van der Waals surface area contributed by atoms with Crippen LogP contribution >= 0.6 is 11.6 Å². The third kappa shape index (κ3) is 5.08. The molecule has 1 heterocycles. The Hall–Kier alpha value is -1.62. The zero-order valence-electron chi connectivity index (χ0n) is 18.3. The second-order valence-corrected chi connectivity index (χ2v) is 9.89. The van der Waals surface area contributed by atoms with Crippen molar-refractivity contribution in [3.63, 3.8) is 0 Å². The standard InChI is InChI=1S/C25H34ClFN2O2/c26-22-16-18(27)14-15-21(22)24-25(31)28(19-10-6-4-5-7-11-19)17-23(30)29(24)20-12-8-2-1-3-9-13-20/h14-16,19-20,24H,1-13,17H2. The van der Waals surface area contributed by atoms with Gasteiger partial charge in [-0.15, -0.1) is 0 Å². The highest BCUT2D eigenvalue weighted by molar-refractivity contribution is 6.31. The molecule has 2 saturated carbocycles. The Labute approximate surface area is 190 Å². The van der Waals surface area contributed by atoms with E-state index in [0.717, 1.165) is 51.4 Å². The van der Waals surface area contributed by atoms with E-state index in [0.29, 0.717) is 5.56 Å². The molecule has 1 unspecified atom stereocenters. The number of carbonyl (C=O) groups is 2. The molecule has 4 rings (SSSR count). The lowest BCUT2D eigenvalue weighted by Crippen LogP contribution is -2.60. The molecule has 170 valence electrons. The molecule has 0 spiro atoms. The van der Waals surface area contributed by atoms with Crippen LogP contribution in [0.1, 0.15) is 95.1 Å². The van der Waals surface area contributed by atoms with Crippen molar-refractivity contribution >= 4 is 23.4 Å². The largest absolute Gasteiger partial charge is 0.328 e. The van der Waals surface area contributed by atoms with Gasteiger partial charge in [0.1, 0.15) is 18.4 Å². The molecule has 2 aliphatic carbocycles. The zero-order chi connectivity index (χ0) is 21.8. The summed E-state index contributed by atoms with van der Waals surface area (Å²) in [5, 5.41) is 0.227. The summed E-state index contributed by atoms with van der Waals surface area (Å²) in [6.07, 6.45) is 14.0. The number of rotatable bonds is 3. The van der Waals surface area contributed by atoms with E-state index >= 15 is 0 Å². The van der Waals surface area contributed by atoms with Crippen LogP contribution in [0.4, 0.5) is 4.39 Å². The first-order chi connectivity index (χ1) is 15.1. The second-order valence-electron chi connectivity index (χ2n) is 9.48. The molecule has 3 fully saturated rings. The Morgan fingerprint density at radius 1 is 0.806 bits per heavy atom. The van der Waals surface area contributed by atoms with Crippen molar-refractivity contribution in [3.05, 3.63) is 34.6 Å². The molecule has 1 aromatic carbocycles. The first kappa shape index (κ1) is 22.6. The first-order valence-corrected chi connectivity index (χ1v) is 12.5. The van der Waals surface area contributed by atoms with Gasteiger partial charge in [0.15, 0.2) is 0 Å². The van der Waals surface area contributed by atoms with Gasteiger partial charge in [-0.25, -0.2) is 4.39 Å². The summed E-state index contributed by atoms with van der Waals surface area (Å²) in [4.78, 5) is 31.1. The Kier molecular flexibility index (Phi) is 7.52. The number of carbonyl (C=O) groups excluding carboxylic acids is 2. The van der Waals surface area contributed by atoms with Crippen molar-refractivity contribution in [3.8, 4) is 0 Å². The van der Waals surface area contributed by atoms with Gasteiger partial charge in [-0.2, -0.15) is 0 Å². The maximum absolute atomic E-state index is 13.9. The van der Waals surface area contributed by atoms with E-state index in [4.69, 9.17) is 11.6 Å². The molecule has 0 aromatic heterocycles. The molecule has 1 atom stereocenters. The van der Waals surface area contributed by atoms with Crippen LogP contribution in [0.3, 0.4) is 0 Å². The van der Waals surface area contributed by atoms with Crippen molar-refractivity contribution in [2.45, 2.75) is 102 Å². The van der Waals surface area contributed by atoms with Crippen LogP contribution in [0.15, 0.2) is 18.2 Å². The van der Waals surface area contributed by atoms with Crippen molar-refractivity contribution < 1.29 is 14.0 Å². The Morgan fingerprint density at radius 3 is 1.94 bits per heavy atom. The zero-order valence-corrected chi connectivity index (χ0v) is 19.1. The SMILES string of the molecule is O=C1C(c2ccc(F)cc2Cl)N(C2CCCCCCC2)C(=O)CN1C1CCCCCC1. The number of benzene rings is 1. The van der Waals surface area contributed by atoms with E-state index in [9.17, 15) is 14.0 Å². The lowest BCUT2D eigenvalue weighted by atomic mass is 9.90. The molecule has 0 radical (unpaired) electrons. The lowest BCUT2D eigenvalue weighted by Gasteiger charge is -2.47. The predicted octanol–water partition coefficient (Wildman–Crippen LogP) is 6.03. The van der Waals surface area contributed by atoms with Crippen molar-refractivity contribution in [1.29, 1.82) is 0 Å². The number of hydrogen-bond donors (Lipinski definition) is 0. The maximum Gasteiger partial charge on any atom is 0.250 e. The smallest absolute Gasteiger partial charge is 0.250 e. The van der Waals surface area contributed by atoms with Crippen molar-refractivity contribution in [2.75, 3.05) is 6.54 Å². The van der Waals surface area contributed by atoms with Crippen LogP contribution in [0.5, 0.6) is 0 Å². The van der Waals surface area contributed by atoms with E-state index in [1.807, 2.05) is 9.80 Å². The van der Waals surface area contributed by atoms with Gasteiger partial charge in [0.05, 0.1) is 0 Å². The van der Waals surface area contributed by atoms with Gasteiger partial charge >= 0.3 is 0 Å². The van der Waals surface area contributed by atoms with Crippen molar-refractivity contribution in [2.24, 2.45) is 0 Å². The normalized spacial score (nSPS) is 25.3. The van der Waals surface area contributed by atoms with Gasteiger partial charge in [-0.3, -0.25) is 9.59 Å². The monoisotopic (exact) mass is 448 g/mol. The molecule has 1 aromatic rings. The Morgan fingerprint density at radius 2 is 1.35 bits per heavy atom. The Bertz CT molecular complexity index is 786. The summed E-state index contributed by atoms with van der Waals surface area (Å²) in [7, 11) is 0. The summed E-state index contributed by atoms with van der Waals surface area (Å²) in [5.74, 6) is -0.455. The van der Waals surface area contributed by atoms with E-state index in [-0.39, 0.29) is 35.5 Å². The van der Waals surface area contributed by atoms with Crippen LogP contribution < -0.4 is 0 Å². The topological polar surface area (TPSA) is 40.6 Å². The highest BCUT2D eigenvalue weighted by Crippen LogP contribution is 2.38. The summed E-state index contributed by atoms with van der Waals surface area (Å²) in [5.41, 5.74) is 0.557. The van der Waals surface area contributed by atoms with Crippen LogP contribution in [0.25, 0.3) is 0 Å². The van der Waals surface area contributed by atoms with Crippen LogP contribution in [0, 0.1) is 5.82 Å². The van der Waals surface area contributed by atoms with Gasteiger partial charge in [0, 0.05) is 22.7 Å². The number of nitrogens with zero attached hydrogens (tertiary/aromatic N) is 2. The average Bonchev–Trinajstić information content (AvgIpc) is 3.00. The predicted molar refractivity (Wildman–Crippen MR) is 120 cm³/mol. The molecule has 2 amide bonds. The number of hydrogen-bond acceptors (Lipinski definition) is 2. The van der Waals surface area contributed by atoms with Crippen LogP contribution in [-0.2, 0) is 9.59 Å². The summed E-state index contributed by atoms with van der Waals surface area (Å²) < 4.78 is 13.8. The second kappa shape index (κ2) is 10.3. The average molecular weight is 449 g/mol. The molecule has 6 heteroatoms. The highest BCUT2D eigenvalue weighted by atomic mass is 35.5. The van der Waals surface area contributed by atoms with E-state index < -0.39 is 11.9 Å². The minimum absolute atomic E-state index is 0.0137. The van der Waals surface area contributed by atoms with E-state index in [1.54, 1.807) is 6.07 Å². The highest BCUT2D eigenvalue weighted by Gasteiger charge is 2.45. The molecule has 0 N–H and O–H groups in total. The van der Waals surface area contributed by atoms with Gasteiger partial charge in [-0.05, 0) is 37.8 Å². The number of piperazine rings is 1. The fourth-order valence-corrected chi connectivity index (χ4v) is 6.01. The van der Waals surface area contributed by atoms with Crippen LogP contribution in [-0.4, -0.2) is 40.2 Å². The Balaban J connectivity index is 1.69. The number of halogens is 2. The van der Waals surface area contributed by atoms with Gasteiger partial charge < -0.3 is 9.80 Å². The quantitative estimate of drug-likeness (QED) is 0.530. The van der Waals surface area contributed by atoms with Gasteiger partial charge in [-0.1, -0.05) is 75.5 Å².